The molecular weight excluding hydrogens is 610 g/mol. The van der Waals surface area contributed by atoms with Crippen LogP contribution >= 0.6 is 0 Å². The third kappa shape index (κ3) is 20.0. The molecule has 0 spiro atoms. The molecule has 246 valence electrons. The molecule has 19 heteroatoms. The van der Waals surface area contributed by atoms with Crippen LogP contribution in [0.5, 0.6) is 11.5 Å². The van der Waals surface area contributed by atoms with Gasteiger partial charge >= 0.3 is 24.3 Å². The number of aliphatic imine (C=N–C) groups is 2. The summed E-state index contributed by atoms with van der Waals surface area (Å²) in [6, 6.07) is 15.5. The third-order valence-electron chi connectivity index (χ3n) is 4.62. The molecule has 0 aromatic heterocycles. The van der Waals surface area contributed by atoms with E-state index in [0.717, 1.165) is 41.9 Å². The van der Waals surface area contributed by atoms with E-state index in [4.69, 9.17) is 47.6 Å². The fourth-order valence-electron chi connectivity index (χ4n) is 2.56. The lowest BCUT2D eigenvalue weighted by Crippen LogP contribution is -2.23. The zero-order valence-electron chi connectivity index (χ0n) is 23.0. The molecule has 0 aliphatic heterocycles. The minimum Gasteiger partial charge on any atom is -0.494 e. The smallest absolute Gasteiger partial charge is 0.494 e. The van der Waals surface area contributed by atoms with E-state index in [1.165, 1.54) is 0 Å². The van der Waals surface area contributed by atoms with Crippen molar-refractivity contribution < 1.29 is 60.7 Å². The van der Waals surface area contributed by atoms with Crippen molar-refractivity contribution in [3.63, 3.8) is 0 Å². The summed E-state index contributed by atoms with van der Waals surface area (Å²) < 4.78 is 75.7. The molecule has 0 amide bonds. The first-order valence-corrected chi connectivity index (χ1v) is 12.2. The lowest BCUT2D eigenvalue weighted by atomic mass is 10.2. The number of benzene rings is 2. The number of halogens is 6. The number of carbonyl (C=O) groups excluding carboxylic acids is 1. The van der Waals surface area contributed by atoms with Gasteiger partial charge in [-0.1, -0.05) is 24.3 Å². The van der Waals surface area contributed by atoms with Crippen LogP contribution in [-0.4, -0.2) is 59.8 Å². The Morgan fingerprint density at radius 3 is 1.23 bits per heavy atom. The van der Waals surface area contributed by atoms with E-state index in [9.17, 15) is 31.1 Å². The quantitative estimate of drug-likeness (QED) is 0.0492. The highest BCUT2D eigenvalue weighted by Crippen LogP contribution is 2.16. The van der Waals surface area contributed by atoms with Crippen LogP contribution in [0.25, 0.3) is 0 Å². The Morgan fingerprint density at radius 1 is 0.659 bits per heavy atom. The molecular formula is C25H32F6N6O7. The van der Waals surface area contributed by atoms with Crippen LogP contribution in [0.15, 0.2) is 58.5 Å². The van der Waals surface area contributed by atoms with Crippen LogP contribution in [0, 0.1) is 0 Å². The van der Waals surface area contributed by atoms with Crippen LogP contribution in [0.2, 0.25) is 0 Å². The fraction of sp³-hybridized carbons (Fsp3) is 0.360. The average molecular weight is 643 g/mol. The van der Waals surface area contributed by atoms with Crippen molar-refractivity contribution in [3.05, 3.63) is 59.7 Å². The van der Waals surface area contributed by atoms with Gasteiger partial charge in [-0.05, 0) is 54.7 Å². The predicted octanol–water partition coefficient (Wildman–Crippen LogP) is 3.06. The number of hydrogen-bond donors (Lipinski definition) is 6. The number of rotatable bonds is 12. The number of nitrogens with zero attached hydrogens (tertiary/aromatic N) is 2. The maximum absolute atomic E-state index is 10.8. The number of aliphatic carboxylic acids is 1. The number of ether oxygens (including phenoxy) is 2. The first kappa shape index (κ1) is 39.1. The van der Waals surface area contributed by atoms with Crippen molar-refractivity contribution in [1.29, 1.82) is 0 Å². The summed E-state index contributed by atoms with van der Waals surface area (Å²) in [5, 5.41) is 14.2. The largest absolute Gasteiger partial charge is 0.494 e. The summed E-state index contributed by atoms with van der Waals surface area (Å²) in [5.74, 6) is -3.50. The van der Waals surface area contributed by atoms with Crippen molar-refractivity contribution in [2.24, 2.45) is 32.9 Å². The molecule has 0 heterocycles. The highest BCUT2D eigenvalue weighted by molar-refractivity contribution is 5.76. The number of alkyl halides is 6. The Hall–Kier alpha value is -4.94. The zero-order chi connectivity index (χ0) is 33.8. The summed E-state index contributed by atoms with van der Waals surface area (Å²) in [4.78, 5) is 28.4. The molecule has 0 bridgehead atoms. The molecule has 2 aromatic carbocycles. The van der Waals surface area contributed by atoms with Gasteiger partial charge in [0.25, 0.3) is 0 Å². The lowest BCUT2D eigenvalue weighted by Gasteiger charge is -2.08. The summed E-state index contributed by atoms with van der Waals surface area (Å²) >= 11 is 0. The zero-order valence-corrected chi connectivity index (χ0v) is 23.0. The van der Waals surface area contributed by atoms with Crippen molar-refractivity contribution in [2.45, 2.75) is 44.7 Å². The van der Waals surface area contributed by atoms with Gasteiger partial charge in [0, 0.05) is 0 Å². The maximum Gasteiger partial charge on any atom is 0.494 e. The Morgan fingerprint density at radius 2 is 1.00 bits per heavy atom. The average Bonchev–Trinajstić information content (AvgIpc) is 2.95. The van der Waals surface area contributed by atoms with Gasteiger partial charge in [0.1, 0.15) is 11.5 Å². The van der Waals surface area contributed by atoms with Crippen molar-refractivity contribution >= 4 is 23.9 Å². The number of nitrogens with two attached hydrogens (primary N) is 4. The highest BCUT2D eigenvalue weighted by atomic mass is 19.4. The van der Waals surface area contributed by atoms with Gasteiger partial charge in [0.15, 0.2) is 11.9 Å². The van der Waals surface area contributed by atoms with Crippen molar-refractivity contribution in [3.8, 4) is 11.5 Å². The molecule has 44 heavy (non-hydrogen) atoms. The predicted molar refractivity (Wildman–Crippen MR) is 145 cm³/mol. The Kier molecular flexibility index (Phi) is 17.8. The monoisotopic (exact) mass is 642 g/mol. The van der Waals surface area contributed by atoms with Crippen LogP contribution < -0.4 is 32.4 Å². The maximum atomic E-state index is 10.8. The van der Waals surface area contributed by atoms with E-state index < -0.39 is 24.3 Å². The van der Waals surface area contributed by atoms with E-state index in [2.05, 4.69) is 14.9 Å². The first-order chi connectivity index (χ1) is 20.4. The van der Waals surface area contributed by atoms with Crippen molar-refractivity contribution in [1.82, 2.24) is 0 Å². The van der Waals surface area contributed by atoms with E-state index >= 15 is 0 Å². The minimum atomic E-state index is -5.10. The molecule has 13 nitrogen and oxygen atoms in total. The van der Waals surface area contributed by atoms with Crippen LogP contribution in [0.1, 0.15) is 30.4 Å². The van der Waals surface area contributed by atoms with Gasteiger partial charge < -0.3 is 37.5 Å². The molecule has 10 N–H and O–H groups in total. The summed E-state index contributed by atoms with van der Waals surface area (Å²) in [5.41, 5.74) is 23.4. The topological polar surface area (TPSA) is 231 Å². The summed E-state index contributed by atoms with van der Waals surface area (Å²) in [6.07, 6.45) is -7.22. The Balaban J connectivity index is 0.00000101. The minimum absolute atomic E-state index is 0.0918. The second-order valence-electron chi connectivity index (χ2n) is 8.21. The van der Waals surface area contributed by atoms with Crippen LogP contribution in [0.3, 0.4) is 0 Å². The van der Waals surface area contributed by atoms with E-state index in [1.54, 1.807) is 0 Å². The second-order valence-corrected chi connectivity index (χ2v) is 8.21. The second kappa shape index (κ2) is 20.1. The molecule has 2 aromatic rings. The fourth-order valence-corrected chi connectivity index (χ4v) is 2.56. The molecule has 0 saturated heterocycles. The summed E-state index contributed by atoms with van der Waals surface area (Å²) in [6.45, 7) is 2.29. The number of carbonyl (C=O) groups is 2. The standard InChI is InChI=1S/C21H30N6O2.C2HF3O3.C2HF3O2/c22-20(23)26-14-16-4-8-18(9-5-16)28-12-2-1-3-13-29-19-10-6-17(7-11-19)15-27-21(24)25;3-2(4,5)1(6)8-7;3-2(4,5)1(6)7/h4-11H,1-3,12-15H2,(H4,22,23,26)(H4,24,25,27);7H;(H,6,7). The van der Waals surface area contributed by atoms with Crippen LogP contribution in [-0.2, 0) is 27.6 Å². The Labute approximate surface area is 247 Å². The Bertz CT molecular complexity index is 1120. The number of hydrogen-bond acceptors (Lipinski definition) is 8. The van der Waals surface area contributed by atoms with E-state index in [-0.39, 0.29) is 11.9 Å². The molecule has 0 aliphatic carbocycles. The molecule has 2 rings (SSSR count). The third-order valence-corrected chi connectivity index (χ3v) is 4.62. The van der Waals surface area contributed by atoms with Gasteiger partial charge in [0.05, 0.1) is 26.3 Å². The first-order valence-electron chi connectivity index (χ1n) is 12.2. The van der Waals surface area contributed by atoms with Gasteiger partial charge in [-0.3, -0.25) is 4.89 Å². The normalized spacial score (nSPS) is 10.5. The molecule has 0 unspecified atom stereocenters. The van der Waals surface area contributed by atoms with Crippen LogP contribution in [0.4, 0.5) is 26.3 Å². The number of guanidine groups is 2. The highest BCUT2D eigenvalue weighted by Gasteiger charge is 2.41. The number of carboxylic acid groups (broad SMARTS) is 1. The number of unbranched alkanes of at least 4 members (excludes halogenated alkanes) is 2. The van der Waals surface area contributed by atoms with E-state index in [1.807, 2.05) is 48.5 Å². The van der Waals surface area contributed by atoms with Gasteiger partial charge in [-0.25, -0.2) is 19.6 Å². The lowest BCUT2D eigenvalue weighted by molar-refractivity contribution is -0.272. The molecule has 0 fully saturated rings. The van der Waals surface area contributed by atoms with Gasteiger partial charge in [-0.15, -0.1) is 0 Å². The van der Waals surface area contributed by atoms with Crippen molar-refractivity contribution in [2.75, 3.05) is 13.2 Å². The SMILES string of the molecule is NC(N)=NCc1ccc(OCCCCCOc2ccc(CN=C(N)N)cc2)cc1.O=C(O)C(F)(F)F.O=C(OO)C(F)(F)F. The summed E-state index contributed by atoms with van der Waals surface area (Å²) in [7, 11) is 0. The molecule has 0 aliphatic rings. The molecule has 0 saturated carbocycles. The molecule has 0 atom stereocenters. The molecule has 0 radical (unpaired) electrons. The van der Waals surface area contributed by atoms with Gasteiger partial charge in [-0.2, -0.15) is 31.6 Å². The number of carboxylic acids is 1. The van der Waals surface area contributed by atoms with E-state index in [0.29, 0.717) is 26.3 Å². The van der Waals surface area contributed by atoms with Gasteiger partial charge in [0.2, 0.25) is 0 Å².